The maximum atomic E-state index is 13.3. The van der Waals surface area contributed by atoms with Gasteiger partial charge in [0.05, 0.1) is 16.6 Å². The minimum Gasteiger partial charge on any atom is -0.368 e. The van der Waals surface area contributed by atoms with E-state index in [4.69, 9.17) is 5.73 Å². The fourth-order valence-corrected chi connectivity index (χ4v) is 4.03. The average Bonchev–Trinajstić information content (AvgIpc) is 2.72. The Balaban J connectivity index is 1.75. The normalized spacial score (nSPS) is 12.0. The molecule has 29 heavy (non-hydrogen) atoms. The summed E-state index contributed by atoms with van der Waals surface area (Å²) in [5, 5.41) is 4.32. The van der Waals surface area contributed by atoms with E-state index in [1.807, 2.05) is 72.8 Å². The van der Waals surface area contributed by atoms with Gasteiger partial charge in [0.2, 0.25) is 5.91 Å². The number of pyridine rings is 1. The Morgan fingerprint density at radius 2 is 1.45 bits per heavy atom. The van der Waals surface area contributed by atoms with Gasteiger partial charge >= 0.3 is 0 Å². The molecule has 0 radical (unpaired) electrons. The molecule has 1 heterocycles. The Kier molecular flexibility index (Phi) is 5.44. The van der Waals surface area contributed by atoms with E-state index in [-0.39, 0.29) is 5.91 Å². The predicted molar refractivity (Wildman–Crippen MR) is 123 cm³/mol. The molecule has 0 saturated carbocycles. The molecule has 4 rings (SSSR count). The van der Waals surface area contributed by atoms with Crippen LogP contribution in [0.1, 0.15) is 15.9 Å². The van der Waals surface area contributed by atoms with Crippen molar-refractivity contribution in [3.8, 4) is 0 Å². The number of nitrogens with one attached hydrogen (secondary N) is 1. The van der Waals surface area contributed by atoms with Crippen molar-refractivity contribution in [1.82, 2.24) is 10.3 Å². The lowest BCUT2D eigenvalue weighted by molar-refractivity contribution is -0.119. The molecule has 6 heteroatoms. The first kappa shape index (κ1) is 19.3. The van der Waals surface area contributed by atoms with Crippen LogP contribution >= 0.6 is 22.6 Å². The van der Waals surface area contributed by atoms with Crippen LogP contribution in [-0.2, 0) is 11.2 Å². The molecule has 1 aromatic heterocycles. The van der Waals surface area contributed by atoms with Crippen molar-refractivity contribution < 1.29 is 9.59 Å². The zero-order valence-electron chi connectivity index (χ0n) is 15.4. The van der Waals surface area contributed by atoms with Gasteiger partial charge in [0.25, 0.3) is 5.91 Å². The zero-order valence-corrected chi connectivity index (χ0v) is 17.6. The number of fused-ring (bicyclic) bond motifs is 2. The summed E-state index contributed by atoms with van der Waals surface area (Å²) in [5.74, 6) is -0.907. The Bertz CT molecular complexity index is 1190. The second-order valence-electron chi connectivity index (χ2n) is 6.75. The van der Waals surface area contributed by atoms with Crippen molar-refractivity contribution in [3.63, 3.8) is 0 Å². The Morgan fingerprint density at radius 1 is 0.897 bits per heavy atom. The summed E-state index contributed by atoms with van der Waals surface area (Å²) < 4.78 is 1.02. The third-order valence-electron chi connectivity index (χ3n) is 4.85. The maximum Gasteiger partial charge on any atom is 0.253 e. The Labute approximate surface area is 181 Å². The van der Waals surface area contributed by atoms with Gasteiger partial charge in [0.15, 0.2) is 0 Å². The van der Waals surface area contributed by atoms with E-state index < -0.39 is 11.9 Å². The maximum absolute atomic E-state index is 13.3. The van der Waals surface area contributed by atoms with Gasteiger partial charge < -0.3 is 11.1 Å². The minimum atomic E-state index is -0.816. The zero-order chi connectivity index (χ0) is 20.4. The van der Waals surface area contributed by atoms with Crippen molar-refractivity contribution in [2.24, 2.45) is 5.73 Å². The fraction of sp³-hybridized carbons (Fsp3) is 0.0870. The summed E-state index contributed by atoms with van der Waals surface area (Å²) in [6, 6.07) is 21.9. The standard InChI is InChI=1S/C23H18IN3O2/c24-17-10-4-1-7-14(17)13-20(22(25)28)27-23(29)21-15-8-2-5-11-18(15)26-19-12-6-3-9-16(19)21/h1-12,20H,13H2,(H2,25,28)(H,27,29)/t20-/m0/s1. The highest BCUT2D eigenvalue weighted by Crippen LogP contribution is 2.26. The van der Waals surface area contributed by atoms with Crippen LogP contribution in [0, 0.1) is 3.57 Å². The van der Waals surface area contributed by atoms with E-state index in [1.165, 1.54) is 0 Å². The van der Waals surface area contributed by atoms with Gasteiger partial charge in [0.1, 0.15) is 6.04 Å². The summed E-state index contributed by atoms with van der Waals surface area (Å²) >= 11 is 2.21. The molecule has 0 aliphatic rings. The molecule has 4 aromatic rings. The summed E-state index contributed by atoms with van der Waals surface area (Å²) in [6.07, 6.45) is 0.334. The van der Waals surface area contributed by atoms with E-state index in [9.17, 15) is 9.59 Å². The number of primary amides is 1. The molecule has 0 spiro atoms. The third-order valence-corrected chi connectivity index (χ3v) is 5.90. The summed E-state index contributed by atoms with van der Waals surface area (Å²) in [4.78, 5) is 30.1. The van der Waals surface area contributed by atoms with Crippen molar-refractivity contribution in [3.05, 3.63) is 87.5 Å². The molecule has 1 atom stereocenters. The lowest BCUT2D eigenvalue weighted by Gasteiger charge is -2.18. The molecular formula is C23H18IN3O2. The van der Waals surface area contributed by atoms with Gasteiger partial charge in [-0.15, -0.1) is 0 Å². The highest BCUT2D eigenvalue weighted by molar-refractivity contribution is 14.1. The molecule has 2 amide bonds. The molecule has 3 aromatic carbocycles. The second-order valence-corrected chi connectivity index (χ2v) is 7.91. The molecule has 0 aliphatic heterocycles. The van der Waals surface area contributed by atoms with E-state index >= 15 is 0 Å². The number of carbonyl (C=O) groups excluding carboxylic acids is 2. The van der Waals surface area contributed by atoms with Crippen molar-refractivity contribution in [2.45, 2.75) is 12.5 Å². The van der Waals surface area contributed by atoms with Crippen LogP contribution in [0.3, 0.4) is 0 Å². The molecule has 144 valence electrons. The van der Waals surface area contributed by atoms with Gasteiger partial charge in [-0.2, -0.15) is 0 Å². The van der Waals surface area contributed by atoms with Crippen LogP contribution in [0.2, 0.25) is 0 Å². The molecule has 5 nitrogen and oxygen atoms in total. The SMILES string of the molecule is NC(=O)[C@H](Cc1ccccc1I)NC(=O)c1c2ccccc2nc2ccccc12. The Morgan fingerprint density at radius 3 is 2.03 bits per heavy atom. The lowest BCUT2D eigenvalue weighted by Crippen LogP contribution is -2.46. The third kappa shape index (κ3) is 3.93. The number of nitrogens with two attached hydrogens (primary N) is 1. The lowest BCUT2D eigenvalue weighted by atomic mass is 10.0. The van der Waals surface area contributed by atoms with Crippen LogP contribution in [0.5, 0.6) is 0 Å². The molecule has 0 aliphatic carbocycles. The van der Waals surface area contributed by atoms with Crippen LogP contribution in [0.4, 0.5) is 0 Å². The molecule has 0 unspecified atom stereocenters. The van der Waals surface area contributed by atoms with Gasteiger partial charge in [-0.1, -0.05) is 54.6 Å². The number of carbonyl (C=O) groups is 2. The summed E-state index contributed by atoms with van der Waals surface area (Å²) in [7, 11) is 0. The number of hydrogen-bond acceptors (Lipinski definition) is 3. The topological polar surface area (TPSA) is 85.1 Å². The van der Waals surface area contributed by atoms with E-state index in [0.29, 0.717) is 12.0 Å². The number of nitrogens with zero attached hydrogens (tertiary/aromatic N) is 1. The van der Waals surface area contributed by atoms with Crippen LogP contribution in [-0.4, -0.2) is 22.8 Å². The first-order chi connectivity index (χ1) is 14.0. The number of amides is 2. The summed E-state index contributed by atoms with van der Waals surface area (Å²) in [6.45, 7) is 0. The van der Waals surface area contributed by atoms with E-state index in [2.05, 4.69) is 32.9 Å². The molecule has 0 saturated heterocycles. The molecule has 0 fully saturated rings. The van der Waals surface area contributed by atoms with Crippen molar-refractivity contribution >= 4 is 56.2 Å². The number of halogens is 1. The predicted octanol–water partition coefficient (Wildman–Crippen LogP) is 3.82. The minimum absolute atomic E-state index is 0.334. The quantitative estimate of drug-likeness (QED) is 0.326. The monoisotopic (exact) mass is 495 g/mol. The average molecular weight is 495 g/mol. The smallest absolute Gasteiger partial charge is 0.253 e. The molecule has 0 bridgehead atoms. The van der Waals surface area contributed by atoms with Crippen molar-refractivity contribution in [2.75, 3.05) is 0 Å². The number of hydrogen-bond donors (Lipinski definition) is 2. The van der Waals surface area contributed by atoms with E-state index in [0.717, 1.165) is 30.9 Å². The molecular weight excluding hydrogens is 477 g/mol. The fourth-order valence-electron chi connectivity index (χ4n) is 3.42. The first-order valence-electron chi connectivity index (χ1n) is 9.15. The van der Waals surface area contributed by atoms with Crippen LogP contribution < -0.4 is 11.1 Å². The number of aromatic nitrogens is 1. The largest absolute Gasteiger partial charge is 0.368 e. The summed E-state index contributed by atoms with van der Waals surface area (Å²) in [5.41, 5.74) is 8.53. The van der Waals surface area contributed by atoms with Gasteiger partial charge in [-0.3, -0.25) is 9.59 Å². The highest BCUT2D eigenvalue weighted by Gasteiger charge is 2.23. The molecule has 3 N–H and O–H groups in total. The van der Waals surface area contributed by atoms with Crippen LogP contribution in [0.25, 0.3) is 21.8 Å². The van der Waals surface area contributed by atoms with Crippen molar-refractivity contribution in [1.29, 1.82) is 0 Å². The van der Waals surface area contributed by atoms with Crippen LogP contribution in [0.15, 0.2) is 72.8 Å². The van der Waals surface area contributed by atoms with Gasteiger partial charge in [0, 0.05) is 20.8 Å². The van der Waals surface area contributed by atoms with Gasteiger partial charge in [-0.25, -0.2) is 4.98 Å². The van der Waals surface area contributed by atoms with E-state index in [1.54, 1.807) is 0 Å². The highest BCUT2D eigenvalue weighted by atomic mass is 127. The number of rotatable bonds is 5. The number of benzene rings is 3. The Hall–Kier alpha value is -3.00. The number of para-hydroxylation sites is 2. The second kappa shape index (κ2) is 8.16. The van der Waals surface area contributed by atoms with Gasteiger partial charge in [-0.05, 0) is 46.4 Å². The first-order valence-corrected chi connectivity index (χ1v) is 10.2.